The number of rotatable bonds is 3. The fourth-order valence-electron chi connectivity index (χ4n) is 2.01. The number of aliphatic hydroxyl groups is 1. The van der Waals surface area contributed by atoms with Crippen LogP contribution < -0.4 is 5.32 Å². The zero-order chi connectivity index (χ0) is 10.2. The van der Waals surface area contributed by atoms with E-state index in [0.717, 1.165) is 6.54 Å². The van der Waals surface area contributed by atoms with E-state index in [9.17, 15) is 13.9 Å². The average molecular weight is 205 g/mol. The third-order valence-corrected chi connectivity index (χ3v) is 3.20. The first-order valence-electron chi connectivity index (χ1n) is 5.39. The smallest absolute Gasteiger partial charge is 0.274 e. The lowest BCUT2D eigenvalue weighted by atomic mass is 9.89. The van der Waals surface area contributed by atoms with Gasteiger partial charge < -0.3 is 10.4 Å². The van der Waals surface area contributed by atoms with E-state index in [1.54, 1.807) is 0 Å². The van der Waals surface area contributed by atoms with Crippen LogP contribution in [0.1, 0.15) is 32.1 Å². The lowest BCUT2D eigenvalue weighted by Gasteiger charge is -2.35. The molecule has 0 amide bonds. The van der Waals surface area contributed by atoms with Crippen LogP contribution in [0.5, 0.6) is 0 Å². The Morgan fingerprint density at radius 1 is 1.29 bits per heavy atom. The summed E-state index contributed by atoms with van der Waals surface area (Å²) in [5.74, 6) is -2.22. The van der Waals surface area contributed by atoms with Gasteiger partial charge in [0.1, 0.15) is 6.10 Å². The fraction of sp³-hybridized carbons (Fsp3) is 1.00. The minimum atomic E-state index is -2.89. The number of hydrogen-bond donors (Lipinski definition) is 2. The standard InChI is InChI=1S/C10H17F2NO/c11-10(12)5-1-2-8(9(10)14)13-6-7-3-4-7/h7-9,13-14H,1-6H2/t8-,9+/m0/s1. The number of hydrogen-bond acceptors (Lipinski definition) is 2. The second kappa shape index (κ2) is 3.74. The molecular weight excluding hydrogens is 188 g/mol. The van der Waals surface area contributed by atoms with E-state index in [0.29, 0.717) is 18.8 Å². The molecule has 0 aromatic rings. The number of aliphatic hydroxyl groups excluding tert-OH is 1. The molecule has 0 saturated heterocycles. The number of nitrogens with one attached hydrogen (secondary N) is 1. The van der Waals surface area contributed by atoms with Gasteiger partial charge in [-0.1, -0.05) is 0 Å². The van der Waals surface area contributed by atoms with E-state index in [2.05, 4.69) is 5.32 Å². The Bertz CT molecular complexity index is 206. The van der Waals surface area contributed by atoms with Gasteiger partial charge in [0.05, 0.1) is 0 Å². The van der Waals surface area contributed by atoms with E-state index >= 15 is 0 Å². The van der Waals surface area contributed by atoms with Crippen LogP contribution in [0.25, 0.3) is 0 Å². The maximum Gasteiger partial charge on any atom is 0.274 e. The summed E-state index contributed by atoms with van der Waals surface area (Å²) in [6.45, 7) is 0.789. The third-order valence-electron chi connectivity index (χ3n) is 3.20. The Morgan fingerprint density at radius 2 is 2.00 bits per heavy atom. The van der Waals surface area contributed by atoms with Crippen LogP contribution in [0.4, 0.5) is 8.78 Å². The monoisotopic (exact) mass is 205 g/mol. The summed E-state index contributed by atoms with van der Waals surface area (Å²) < 4.78 is 26.2. The molecule has 2 rings (SSSR count). The molecular formula is C10H17F2NO. The first-order valence-corrected chi connectivity index (χ1v) is 5.39. The Balaban J connectivity index is 1.83. The average Bonchev–Trinajstić information content (AvgIpc) is 2.91. The third kappa shape index (κ3) is 2.23. The maximum absolute atomic E-state index is 13.1. The summed E-state index contributed by atoms with van der Waals surface area (Å²) in [6, 6.07) is -0.403. The minimum Gasteiger partial charge on any atom is -0.385 e. The van der Waals surface area contributed by atoms with E-state index < -0.39 is 18.1 Å². The van der Waals surface area contributed by atoms with Crippen molar-refractivity contribution in [3.05, 3.63) is 0 Å². The normalized spacial score (nSPS) is 37.1. The lowest BCUT2D eigenvalue weighted by molar-refractivity contribution is -0.143. The molecule has 0 aliphatic heterocycles. The summed E-state index contributed by atoms with van der Waals surface area (Å²) in [5.41, 5.74) is 0. The quantitative estimate of drug-likeness (QED) is 0.732. The van der Waals surface area contributed by atoms with Crippen LogP contribution in [0.2, 0.25) is 0 Å². The van der Waals surface area contributed by atoms with Gasteiger partial charge in [0.15, 0.2) is 0 Å². The highest BCUT2D eigenvalue weighted by Gasteiger charge is 2.45. The van der Waals surface area contributed by atoms with Crippen LogP contribution >= 0.6 is 0 Å². The molecule has 0 spiro atoms. The fourth-order valence-corrected chi connectivity index (χ4v) is 2.01. The Kier molecular flexibility index (Phi) is 2.75. The van der Waals surface area contributed by atoms with Crippen LogP contribution in [-0.4, -0.2) is 29.7 Å². The molecule has 2 aliphatic carbocycles. The molecule has 4 heteroatoms. The van der Waals surface area contributed by atoms with Crippen molar-refractivity contribution in [2.24, 2.45) is 5.92 Å². The summed E-state index contributed by atoms with van der Waals surface area (Å²) in [5, 5.41) is 12.5. The van der Waals surface area contributed by atoms with Crippen molar-refractivity contribution in [3.63, 3.8) is 0 Å². The summed E-state index contributed by atoms with van der Waals surface area (Å²) in [4.78, 5) is 0. The van der Waals surface area contributed by atoms with Crippen molar-refractivity contribution >= 4 is 0 Å². The summed E-state index contributed by atoms with van der Waals surface area (Å²) in [7, 11) is 0. The van der Waals surface area contributed by atoms with Crippen molar-refractivity contribution < 1.29 is 13.9 Å². The van der Waals surface area contributed by atoms with Gasteiger partial charge in [-0.3, -0.25) is 0 Å². The zero-order valence-corrected chi connectivity index (χ0v) is 8.18. The molecule has 0 bridgehead atoms. The molecule has 0 unspecified atom stereocenters. The second-order valence-electron chi connectivity index (χ2n) is 4.56. The highest BCUT2D eigenvalue weighted by Crippen LogP contribution is 2.34. The minimum absolute atomic E-state index is 0.171. The van der Waals surface area contributed by atoms with Gasteiger partial charge in [-0.05, 0) is 38.1 Å². The second-order valence-corrected chi connectivity index (χ2v) is 4.56. The highest BCUT2D eigenvalue weighted by atomic mass is 19.3. The molecule has 0 heterocycles. The molecule has 0 aromatic carbocycles. The van der Waals surface area contributed by atoms with Crippen LogP contribution in [0.3, 0.4) is 0 Å². The summed E-state index contributed by atoms with van der Waals surface area (Å²) in [6.07, 6.45) is 1.92. The van der Waals surface area contributed by atoms with Crippen molar-refractivity contribution in [1.29, 1.82) is 0 Å². The molecule has 2 atom stereocenters. The Hall–Kier alpha value is -0.220. The molecule has 2 nitrogen and oxygen atoms in total. The van der Waals surface area contributed by atoms with Crippen LogP contribution in [0, 0.1) is 5.92 Å². The van der Waals surface area contributed by atoms with Gasteiger partial charge in [0.2, 0.25) is 0 Å². The molecule has 2 fully saturated rings. The van der Waals surface area contributed by atoms with Gasteiger partial charge in [-0.2, -0.15) is 0 Å². The molecule has 2 N–H and O–H groups in total. The first kappa shape index (κ1) is 10.3. The van der Waals surface area contributed by atoms with Crippen LogP contribution in [0.15, 0.2) is 0 Å². The topological polar surface area (TPSA) is 32.3 Å². The van der Waals surface area contributed by atoms with Gasteiger partial charge >= 0.3 is 0 Å². The predicted molar refractivity (Wildman–Crippen MR) is 49.3 cm³/mol. The van der Waals surface area contributed by atoms with Crippen molar-refractivity contribution in [2.45, 2.75) is 50.2 Å². The number of halogens is 2. The van der Waals surface area contributed by atoms with E-state index in [1.165, 1.54) is 12.8 Å². The SMILES string of the molecule is O[C@@H]1[C@@H](NCC2CC2)CCCC1(F)F. The van der Waals surface area contributed by atoms with E-state index in [4.69, 9.17) is 0 Å². The Morgan fingerprint density at radius 3 is 2.64 bits per heavy atom. The van der Waals surface area contributed by atoms with Gasteiger partial charge in [0.25, 0.3) is 5.92 Å². The molecule has 2 aliphatic rings. The Labute approximate surface area is 82.7 Å². The van der Waals surface area contributed by atoms with Crippen molar-refractivity contribution in [2.75, 3.05) is 6.54 Å². The molecule has 82 valence electrons. The first-order chi connectivity index (χ1) is 6.59. The van der Waals surface area contributed by atoms with Gasteiger partial charge in [-0.25, -0.2) is 8.78 Å². The van der Waals surface area contributed by atoms with Gasteiger partial charge in [-0.15, -0.1) is 0 Å². The highest BCUT2D eigenvalue weighted by molar-refractivity contribution is 4.92. The molecule has 2 saturated carbocycles. The van der Waals surface area contributed by atoms with Gasteiger partial charge in [0, 0.05) is 12.5 Å². The lowest BCUT2D eigenvalue weighted by Crippen LogP contribution is -2.53. The molecule has 0 aromatic heterocycles. The van der Waals surface area contributed by atoms with Crippen molar-refractivity contribution in [1.82, 2.24) is 5.32 Å². The maximum atomic E-state index is 13.1. The number of alkyl halides is 2. The molecule has 14 heavy (non-hydrogen) atoms. The largest absolute Gasteiger partial charge is 0.385 e. The zero-order valence-electron chi connectivity index (χ0n) is 8.18. The van der Waals surface area contributed by atoms with Crippen LogP contribution in [-0.2, 0) is 0 Å². The van der Waals surface area contributed by atoms with Crippen molar-refractivity contribution in [3.8, 4) is 0 Å². The predicted octanol–water partition coefficient (Wildman–Crippen LogP) is 1.53. The van der Waals surface area contributed by atoms with E-state index in [-0.39, 0.29) is 6.42 Å². The van der Waals surface area contributed by atoms with E-state index in [1.807, 2.05) is 0 Å². The summed E-state index contributed by atoms with van der Waals surface area (Å²) >= 11 is 0. The molecule has 0 radical (unpaired) electrons.